The molecular formula is C11H19NO5S. The van der Waals surface area contributed by atoms with Gasteiger partial charge in [-0.05, 0) is 26.2 Å². The first-order valence-corrected chi connectivity index (χ1v) is 7.78. The second-order valence-corrected chi connectivity index (χ2v) is 6.98. The lowest BCUT2D eigenvalue weighted by atomic mass is 10.1. The second-order valence-electron chi connectivity index (χ2n) is 4.54. The minimum absolute atomic E-state index is 0.403. The summed E-state index contributed by atoms with van der Waals surface area (Å²) >= 11 is 0. The van der Waals surface area contributed by atoms with Crippen LogP contribution in [-0.2, 0) is 19.4 Å². The van der Waals surface area contributed by atoms with Crippen molar-refractivity contribution in [3.05, 3.63) is 0 Å². The van der Waals surface area contributed by atoms with Crippen molar-refractivity contribution < 1.29 is 23.1 Å². The fourth-order valence-corrected chi connectivity index (χ4v) is 3.20. The summed E-state index contributed by atoms with van der Waals surface area (Å²) in [7, 11) is -3.68. The fraction of sp³-hybridized carbons (Fsp3) is 0.818. The Morgan fingerprint density at radius 1 is 1.22 bits per heavy atom. The number of carboxylic acids is 1. The SMILES string of the molecule is CC(C(=O)N1CCCCC1)S(=O)(=O)CCC(=O)O. The Morgan fingerprint density at radius 2 is 1.78 bits per heavy atom. The van der Waals surface area contributed by atoms with Gasteiger partial charge in [-0.3, -0.25) is 9.59 Å². The minimum Gasteiger partial charge on any atom is -0.481 e. The number of carboxylic acid groups (broad SMARTS) is 1. The predicted octanol–water partition coefficient (Wildman–Crippen LogP) is 0.277. The van der Waals surface area contributed by atoms with Gasteiger partial charge in [0, 0.05) is 13.1 Å². The molecule has 1 atom stereocenters. The topological polar surface area (TPSA) is 91.8 Å². The largest absolute Gasteiger partial charge is 0.481 e. The predicted molar refractivity (Wildman–Crippen MR) is 65.9 cm³/mol. The van der Waals surface area contributed by atoms with Gasteiger partial charge < -0.3 is 10.0 Å². The van der Waals surface area contributed by atoms with Crippen LogP contribution in [-0.4, -0.2) is 54.4 Å². The molecule has 1 heterocycles. The van der Waals surface area contributed by atoms with Gasteiger partial charge in [0.2, 0.25) is 5.91 Å². The molecule has 1 saturated heterocycles. The summed E-state index contributed by atoms with van der Waals surface area (Å²) in [6.45, 7) is 2.53. The highest BCUT2D eigenvalue weighted by Gasteiger charge is 2.32. The lowest BCUT2D eigenvalue weighted by Gasteiger charge is -2.29. The molecular weight excluding hydrogens is 258 g/mol. The maximum absolute atomic E-state index is 12.0. The Balaban J connectivity index is 2.63. The normalized spacial score (nSPS) is 18.4. The highest BCUT2D eigenvalue weighted by atomic mass is 32.2. The summed E-state index contributed by atoms with van der Waals surface area (Å²) in [5.41, 5.74) is 0. The molecule has 0 aromatic heterocycles. The molecule has 1 aliphatic heterocycles. The number of piperidine rings is 1. The number of hydrogen-bond acceptors (Lipinski definition) is 4. The number of carbonyl (C=O) groups excluding carboxylic acids is 1. The van der Waals surface area contributed by atoms with Gasteiger partial charge in [0.1, 0.15) is 5.25 Å². The molecule has 0 aromatic rings. The number of rotatable bonds is 5. The molecule has 0 aromatic carbocycles. The van der Waals surface area contributed by atoms with Crippen molar-refractivity contribution >= 4 is 21.7 Å². The lowest BCUT2D eigenvalue weighted by molar-refractivity contribution is -0.136. The van der Waals surface area contributed by atoms with Crippen molar-refractivity contribution in [3.63, 3.8) is 0 Å². The third kappa shape index (κ3) is 3.97. The average Bonchev–Trinajstić information content (AvgIpc) is 2.36. The maximum atomic E-state index is 12.0. The Labute approximate surface area is 107 Å². The summed E-state index contributed by atoms with van der Waals surface area (Å²) in [4.78, 5) is 23.9. The summed E-state index contributed by atoms with van der Waals surface area (Å²) in [6.07, 6.45) is 2.39. The van der Waals surface area contributed by atoms with Crippen molar-refractivity contribution in [1.29, 1.82) is 0 Å². The molecule has 7 heteroatoms. The van der Waals surface area contributed by atoms with E-state index in [1.807, 2.05) is 0 Å². The molecule has 0 radical (unpaired) electrons. The van der Waals surface area contributed by atoms with Crippen LogP contribution in [0.15, 0.2) is 0 Å². The Kier molecular flexibility index (Phi) is 5.13. The molecule has 104 valence electrons. The van der Waals surface area contributed by atoms with E-state index in [1.165, 1.54) is 6.92 Å². The molecule has 1 N–H and O–H groups in total. The molecule has 1 fully saturated rings. The van der Waals surface area contributed by atoms with Crippen LogP contribution in [0.25, 0.3) is 0 Å². The quantitative estimate of drug-likeness (QED) is 0.779. The standard InChI is InChI=1S/C11H19NO5S/c1-9(18(16,17)8-5-10(13)14)11(15)12-6-3-2-4-7-12/h9H,2-8H2,1H3,(H,13,14). The van der Waals surface area contributed by atoms with E-state index < -0.39 is 39.1 Å². The van der Waals surface area contributed by atoms with Crippen LogP contribution in [0, 0.1) is 0 Å². The highest BCUT2D eigenvalue weighted by molar-refractivity contribution is 7.92. The van der Waals surface area contributed by atoms with Crippen LogP contribution in [0.4, 0.5) is 0 Å². The second kappa shape index (κ2) is 6.17. The molecule has 1 amide bonds. The van der Waals surface area contributed by atoms with Crippen LogP contribution >= 0.6 is 0 Å². The Hall–Kier alpha value is -1.11. The van der Waals surface area contributed by atoms with E-state index in [0.29, 0.717) is 13.1 Å². The van der Waals surface area contributed by atoms with E-state index >= 15 is 0 Å². The van der Waals surface area contributed by atoms with Gasteiger partial charge in [-0.2, -0.15) is 0 Å². The van der Waals surface area contributed by atoms with Gasteiger partial charge in [-0.15, -0.1) is 0 Å². The van der Waals surface area contributed by atoms with Gasteiger partial charge >= 0.3 is 5.97 Å². The number of likely N-dealkylation sites (tertiary alicyclic amines) is 1. The fourth-order valence-electron chi connectivity index (χ4n) is 1.93. The molecule has 1 unspecified atom stereocenters. The van der Waals surface area contributed by atoms with Gasteiger partial charge in [0.25, 0.3) is 0 Å². The van der Waals surface area contributed by atoms with Gasteiger partial charge in [-0.25, -0.2) is 8.42 Å². The first kappa shape index (κ1) is 14.9. The molecule has 18 heavy (non-hydrogen) atoms. The van der Waals surface area contributed by atoms with E-state index in [2.05, 4.69) is 0 Å². The number of sulfone groups is 1. The van der Waals surface area contributed by atoms with E-state index in [0.717, 1.165) is 19.3 Å². The van der Waals surface area contributed by atoms with Crippen LogP contribution in [0.3, 0.4) is 0 Å². The van der Waals surface area contributed by atoms with Crippen molar-refractivity contribution in [2.45, 2.75) is 37.9 Å². The zero-order valence-corrected chi connectivity index (χ0v) is 11.3. The van der Waals surface area contributed by atoms with E-state index in [4.69, 9.17) is 5.11 Å². The van der Waals surface area contributed by atoms with Crippen LogP contribution < -0.4 is 0 Å². The van der Waals surface area contributed by atoms with Crippen molar-refractivity contribution in [1.82, 2.24) is 4.90 Å². The molecule has 0 bridgehead atoms. The minimum atomic E-state index is -3.68. The summed E-state index contributed by atoms with van der Waals surface area (Å²) in [6, 6.07) is 0. The summed E-state index contributed by atoms with van der Waals surface area (Å²) < 4.78 is 23.6. The summed E-state index contributed by atoms with van der Waals surface area (Å²) in [5.74, 6) is -2.06. The Bertz CT molecular complexity index is 411. The maximum Gasteiger partial charge on any atom is 0.304 e. The molecule has 1 aliphatic rings. The number of carbonyl (C=O) groups is 2. The monoisotopic (exact) mass is 277 g/mol. The third-order valence-electron chi connectivity index (χ3n) is 3.15. The van der Waals surface area contributed by atoms with Crippen molar-refractivity contribution in [2.24, 2.45) is 0 Å². The zero-order chi connectivity index (χ0) is 13.8. The number of amides is 1. The van der Waals surface area contributed by atoms with Gasteiger partial charge in [0.05, 0.1) is 12.2 Å². The number of nitrogens with zero attached hydrogens (tertiary/aromatic N) is 1. The van der Waals surface area contributed by atoms with E-state index in [1.54, 1.807) is 4.90 Å². The first-order chi connectivity index (χ1) is 8.34. The van der Waals surface area contributed by atoms with E-state index in [9.17, 15) is 18.0 Å². The zero-order valence-electron chi connectivity index (χ0n) is 10.5. The molecule has 1 rings (SSSR count). The summed E-state index contributed by atoms with van der Waals surface area (Å²) in [5, 5.41) is 7.34. The molecule has 0 spiro atoms. The van der Waals surface area contributed by atoms with Crippen LogP contribution in [0.5, 0.6) is 0 Å². The lowest BCUT2D eigenvalue weighted by Crippen LogP contribution is -2.44. The van der Waals surface area contributed by atoms with Crippen molar-refractivity contribution in [2.75, 3.05) is 18.8 Å². The average molecular weight is 277 g/mol. The van der Waals surface area contributed by atoms with Gasteiger partial charge in [0.15, 0.2) is 9.84 Å². The first-order valence-electron chi connectivity index (χ1n) is 6.07. The van der Waals surface area contributed by atoms with Crippen molar-refractivity contribution in [3.8, 4) is 0 Å². The molecule has 0 aliphatic carbocycles. The smallest absolute Gasteiger partial charge is 0.304 e. The third-order valence-corrected chi connectivity index (χ3v) is 5.21. The number of hydrogen-bond donors (Lipinski definition) is 1. The number of aliphatic carboxylic acids is 1. The molecule has 0 saturated carbocycles. The van der Waals surface area contributed by atoms with Crippen LogP contribution in [0.2, 0.25) is 0 Å². The molecule has 6 nitrogen and oxygen atoms in total. The van der Waals surface area contributed by atoms with Gasteiger partial charge in [-0.1, -0.05) is 0 Å². The van der Waals surface area contributed by atoms with E-state index in [-0.39, 0.29) is 0 Å². The van der Waals surface area contributed by atoms with Crippen LogP contribution in [0.1, 0.15) is 32.6 Å². The Morgan fingerprint density at radius 3 is 2.28 bits per heavy atom. The highest BCUT2D eigenvalue weighted by Crippen LogP contribution is 2.14.